The van der Waals surface area contributed by atoms with Crippen LogP contribution in [0.5, 0.6) is 0 Å². The lowest BCUT2D eigenvalue weighted by molar-refractivity contribution is -0.384. The molecule has 0 saturated carbocycles. The number of carbonyl (C=O) groups is 2. The second-order valence-corrected chi connectivity index (χ2v) is 6.12. The van der Waals surface area contributed by atoms with E-state index in [4.69, 9.17) is 39.5 Å². The zero-order valence-corrected chi connectivity index (χ0v) is 15.3. The number of anilines is 1. The average molecular weight is 419 g/mol. The Labute approximate surface area is 162 Å². The van der Waals surface area contributed by atoms with Crippen molar-refractivity contribution in [3.63, 3.8) is 0 Å². The van der Waals surface area contributed by atoms with Crippen LogP contribution in [0.25, 0.3) is 0 Å². The molecular weight excluding hydrogens is 409 g/mol. The first-order chi connectivity index (χ1) is 12.2. The van der Waals surface area contributed by atoms with Crippen molar-refractivity contribution in [2.45, 2.75) is 13.0 Å². The van der Waals surface area contributed by atoms with Crippen LogP contribution in [0.15, 0.2) is 30.3 Å². The van der Waals surface area contributed by atoms with Crippen LogP contribution >= 0.6 is 34.8 Å². The van der Waals surface area contributed by atoms with Crippen molar-refractivity contribution in [2.75, 3.05) is 5.32 Å². The highest BCUT2D eigenvalue weighted by Crippen LogP contribution is 2.27. The molecule has 0 aliphatic carbocycles. The Morgan fingerprint density at radius 3 is 2.50 bits per heavy atom. The second kappa shape index (κ2) is 8.31. The fourth-order valence-corrected chi connectivity index (χ4v) is 2.28. The van der Waals surface area contributed by atoms with E-state index < -0.39 is 22.9 Å². The molecule has 1 N–H and O–H groups in total. The van der Waals surface area contributed by atoms with Gasteiger partial charge in [-0.2, -0.15) is 0 Å². The number of non-ortho nitro benzene ring substituents is 1. The fraction of sp³-hybridized carbons (Fsp3) is 0.133. The third-order valence-corrected chi connectivity index (χ3v) is 3.92. The van der Waals surface area contributed by atoms with Gasteiger partial charge < -0.3 is 10.1 Å². The van der Waals surface area contributed by atoms with E-state index in [-0.39, 0.29) is 32.3 Å². The number of nitro groups is 1. The third kappa shape index (κ3) is 4.81. The maximum atomic E-state index is 12.2. The number of aromatic nitrogens is 1. The van der Waals surface area contributed by atoms with E-state index in [1.54, 1.807) is 0 Å². The number of carbonyl (C=O) groups excluding carboxylic acids is 2. The number of amides is 1. The number of esters is 1. The van der Waals surface area contributed by atoms with Gasteiger partial charge in [0.25, 0.3) is 11.6 Å². The summed E-state index contributed by atoms with van der Waals surface area (Å²) in [7, 11) is 0. The number of nitrogens with one attached hydrogen (secondary N) is 1. The molecule has 26 heavy (non-hydrogen) atoms. The summed E-state index contributed by atoms with van der Waals surface area (Å²) in [6, 6.07) is 6.29. The summed E-state index contributed by atoms with van der Waals surface area (Å²) in [6.07, 6.45) is -1.25. The predicted molar refractivity (Wildman–Crippen MR) is 95.9 cm³/mol. The molecule has 2 aromatic rings. The van der Waals surface area contributed by atoms with Gasteiger partial charge in [-0.3, -0.25) is 14.9 Å². The molecular formula is C15H10Cl3N3O5. The molecule has 0 bridgehead atoms. The van der Waals surface area contributed by atoms with E-state index in [1.165, 1.54) is 31.2 Å². The standard InChI is InChI=1S/C15H10Cl3N3O5/c1-7(26-15(23)13-10(17)4-5-12(18)20-13)14(22)19-11-6-8(21(24)25)2-3-9(11)16/h2-7H,1H3,(H,19,22)/t7-/m1/s1. The molecule has 1 aromatic carbocycles. The van der Waals surface area contributed by atoms with E-state index in [9.17, 15) is 19.7 Å². The number of pyridine rings is 1. The molecule has 0 radical (unpaired) electrons. The second-order valence-electron chi connectivity index (χ2n) is 4.92. The molecule has 1 heterocycles. The SMILES string of the molecule is C[C@@H](OC(=O)c1nc(Cl)ccc1Cl)C(=O)Nc1cc([N+](=O)[O-])ccc1Cl. The number of hydrogen-bond acceptors (Lipinski definition) is 6. The Bertz CT molecular complexity index is 891. The minimum Gasteiger partial charge on any atom is -0.448 e. The molecule has 2 rings (SSSR count). The molecule has 0 saturated heterocycles. The molecule has 1 atom stereocenters. The summed E-state index contributed by atoms with van der Waals surface area (Å²) in [6.45, 7) is 1.30. The number of nitrogens with zero attached hydrogens (tertiary/aromatic N) is 2. The topological polar surface area (TPSA) is 111 Å². The zero-order chi connectivity index (χ0) is 19.4. The Morgan fingerprint density at radius 2 is 1.85 bits per heavy atom. The van der Waals surface area contributed by atoms with Crippen molar-refractivity contribution in [3.05, 3.63) is 61.3 Å². The first-order valence-corrected chi connectivity index (χ1v) is 8.10. The Balaban J connectivity index is 2.10. The Kier molecular flexibility index (Phi) is 6.36. The number of hydrogen-bond donors (Lipinski definition) is 1. The summed E-state index contributed by atoms with van der Waals surface area (Å²) in [5, 5.41) is 13.3. The minimum atomic E-state index is -1.25. The maximum Gasteiger partial charge on any atom is 0.359 e. The molecule has 1 aromatic heterocycles. The van der Waals surface area contributed by atoms with Crippen molar-refractivity contribution in [2.24, 2.45) is 0 Å². The summed E-state index contributed by atoms with van der Waals surface area (Å²) in [5.41, 5.74) is -0.496. The molecule has 0 spiro atoms. The van der Waals surface area contributed by atoms with Gasteiger partial charge >= 0.3 is 5.97 Å². The van der Waals surface area contributed by atoms with Gasteiger partial charge in [-0.25, -0.2) is 9.78 Å². The van der Waals surface area contributed by atoms with Crippen molar-refractivity contribution >= 4 is 58.1 Å². The monoisotopic (exact) mass is 417 g/mol. The largest absolute Gasteiger partial charge is 0.448 e. The van der Waals surface area contributed by atoms with Crippen LogP contribution in [-0.2, 0) is 9.53 Å². The summed E-state index contributed by atoms with van der Waals surface area (Å²) in [5.74, 6) is -1.70. The lowest BCUT2D eigenvalue weighted by Crippen LogP contribution is -2.30. The Morgan fingerprint density at radius 1 is 1.19 bits per heavy atom. The maximum absolute atomic E-state index is 12.2. The number of ether oxygens (including phenoxy) is 1. The average Bonchev–Trinajstić information content (AvgIpc) is 2.58. The molecule has 8 nitrogen and oxygen atoms in total. The van der Waals surface area contributed by atoms with Crippen molar-refractivity contribution in [1.82, 2.24) is 4.98 Å². The molecule has 0 aliphatic rings. The number of nitro benzene ring substituents is 1. The van der Waals surface area contributed by atoms with Gasteiger partial charge in [-0.1, -0.05) is 34.8 Å². The van der Waals surface area contributed by atoms with Crippen LogP contribution in [0.2, 0.25) is 15.2 Å². The molecule has 0 aliphatic heterocycles. The van der Waals surface area contributed by atoms with E-state index in [1.807, 2.05) is 0 Å². The van der Waals surface area contributed by atoms with E-state index >= 15 is 0 Å². The van der Waals surface area contributed by atoms with E-state index in [0.29, 0.717) is 0 Å². The van der Waals surface area contributed by atoms with Gasteiger partial charge in [0.05, 0.1) is 20.7 Å². The van der Waals surface area contributed by atoms with Gasteiger partial charge in [0.2, 0.25) is 0 Å². The lowest BCUT2D eigenvalue weighted by Gasteiger charge is -2.14. The number of rotatable bonds is 5. The van der Waals surface area contributed by atoms with Crippen molar-refractivity contribution in [3.8, 4) is 0 Å². The third-order valence-electron chi connectivity index (χ3n) is 3.08. The highest BCUT2D eigenvalue weighted by Gasteiger charge is 2.23. The summed E-state index contributed by atoms with van der Waals surface area (Å²) >= 11 is 17.4. The highest BCUT2D eigenvalue weighted by atomic mass is 35.5. The van der Waals surface area contributed by atoms with Crippen LogP contribution in [-0.4, -0.2) is 27.9 Å². The van der Waals surface area contributed by atoms with Gasteiger partial charge in [0, 0.05) is 12.1 Å². The van der Waals surface area contributed by atoms with Crippen LogP contribution < -0.4 is 5.32 Å². The van der Waals surface area contributed by atoms with Gasteiger partial charge in [0.1, 0.15) is 5.15 Å². The van der Waals surface area contributed by atoms with Crippen LogP contribution in [0.1, 0.15) is 17.4 Å². The Hall–Kier alpha value is -2.42. The molecule has 0 unspecified atom stereocenters. The fourth-order valence-electron chi connectivity index (χ4n) is 1.79. The van der Waals surface area contributed by atoms with Gasteiger partial charge in [-0.05, 0) is 25.1 Å². The first kappa shape index (κ1) is 19.9. The number of halogens is 3. The molecule has 1 amide bonds. The van der Waals surface area contributed by atoms with Crippen LogP contribution in [0, 0.1) is 10.1 Å². The van der Waals surface area contributed by atoms with Crippen LogP contribution in [0.3, 0.4) is 0 Å². The van der Waals surface area contributed by atoms with Crippen LogP contribution in [0.4, 0.5) is 11.4 Å². The van der Waals surface area contributed by atoms with E-state index in [2.05, 4.69) is 10.3 Å². The van der Waals surface area contributed by atoms with Crippen molar-refractivity contribution < 1.29 is 19.2 Å². The summed E-state index contributed by atoms with van der Waals surface area (Å²) in [4.78, 5) is 38.1. The molecule has 136 valence electrons. The minimum absolute atomic E-state index is 0.00711. The number of benzene rings is 1. The summed E-state index contributed by atoms with van der Waals surface area (Å²) < 4.78 is 4.99. The predicted octanol–water partition coefficient (Wildman–Crippen LogP) is 4.13. The zero-order valence-electron chi connectivity index (χ0n) is 13.0. The smallest absolute Gasteiger partial charge is 0.359 e. The quantitative estimate of drug-likeness (QED) is 0.338. The molecule has 11 heteroatoms. The lowest BCUT2D eigenvalue weighted by atomic mass is 10.2. The highest BCUT2D eigenvalue weighted by molar-refractivity contribution is 6.34. The first-order valence-electron chi connectivity index (χ1n) is 6.97. The van der Waals surface area contributed by atoms with Gasteiger partial charge in [-0.15, -0.1) is 0 Å². The normalized spacial score (nSPS) is 11.5. The molecule has 0 fully saturated rings. The van der Waals surface area contributed by atoms with Crippen molar-refractivity contribution in [1.29, 1.82) is 0 Å². The van der Waals surface area contributed by atoms with E-state index in [0.717, 1.165) is 6.07 Å². The van der Waals surface area contributed by atoms with Gasteiger partial charge in [0.15, 0.2) is 11.8 Å².